The highest BCUT2D eigenvalue weighted by Gasteiger charge is 2.18. The number of aromatic nitrogens is 1. The molecule has 2 heterocycles. The predicted molar refractivity (Wildman–Crippen MR) is 104 cm³/mol. The van der Waals surface area contributed by atoms with Gasteiger partial charge in [-0.05, 0) is 35.6 Å². The fourth-order valence-corrected chi connectivity index (χ4v) is 3.87. The second-order valence-corrected chi connectivity index (χ2v) is 7.33. The highest BCUT2D eigenvalue weighted by atomic mass is 32.1. The molecule has 0 spiro atoms. The number of esters is 1. The number of rotatable bonds is 6. The number of aryl methyl sites for hydroxylation is 1. The van der Waals surface area contributed by atoms with E-state index in [4.69, 9.17) is 4.74 Å². The van der Waals surface area contributed by atoms with Gasteiger partial charge in [0.25, 0.3) is 0 Å². The molecule has 0 fully saturated rings. The summed E-state index contributed by atoms with van der Waals surface area (Å²) in [5.41, 5.74) is 2.59. The van der Waals surface area contributed by atoms with Crippen LogP contribution in [0.25, 0.3) is 0 Å². The smallest absolute Gasteiger partial charge is 0.348 e. The van der Waals surface area contributed by atoms with Crippen molar-refractivity contribution < 1.29 is 14.3 Å². The van der Waals surface area contributed by atoms with Gasteiger partial charge in [-0.3, -0.25) is 9.69 Å². The maximum atomic E-state index is 12.1. The fourth-order valence-electron chi connectivity index (χ4n) is 2.38. The number of carbonyl (C=O) groups excluding carboxylic acids is 2. The Morgan fingerprint density at radius 1 is 1.15 bits per heavy atom. The molecule has 7 heteroatoms. The molecule has 0 aliphatic rings. The molecule has 0 N–H and O–H groups in total. The van der Waals surface area contributed by atoms with Gasteiger partial charge in [0.1, 0.15) is 11.5 Å². The van der Waals surface area contributed by atoms with Crippen molar-refractivity contribution in [3.05, 3.63) is 63.3 Å². The van der Waals surface area contributed by atoms with Crippen molar-refractivity contribution in [2.45, 2.75) is 26.9 Å². The van der Waals surface area contributed by atoms with E-state index in [1.165, 1.54) is 35.2 Å². The van der Waals surface area contributed by atoms with Crippen LogP contribution in [-0.4, -0.2) is 16.9 Å². The van der Waals surface area contributed by atoms with Gasteiger partial charge in [-0.1, -0.05) is 25.1 Å². The third kappa shape index (κ3) is 4.17. The minimum atomic E-state index is -0.367. The highest BCUT2D eigenvalue weighted by Crippen LogP contribution is 2.29. The van der Waals surface area contributed by atoms with Crippen molar-refractivity contribution >= 4 is 45.4 Å². The number of thiophene rings is 1. The SMILES string of the molecule is CCc1ccc(N(C(C)=O)c2nc(COC(=O)c3cccs3)cs2)cc1. The summed E-state index contributed by atoms with van der Waals surface area (Å²) in [6, 6.07) is 11.4. The summed E-state index contributed by atoms with van der Waals surface area (Å²) >= 11 is 2.68. The zero-order chi connectivity index (χ0) is 18.5. The van der Waals surface area contributed by atoms with E-state index in [-0.39, 0.29) is 18.5 Å². The fraction of sp³-hybridized carbons (Fsp3) is 0.211. The van der Waals surface area contributed by atoms with E-state index in [9.17, 15) is 9.59 Å². The van der Waals surface area contributed by atoms with Crippen LogP contribution in [0.15, 0.2) is 47.2 Å². The third-order valence-electron chi connectivity index (χ3n) is 3.72. The molecule has 2 aromatic heterocycles. The molecule has 3 aromatic rings. The van der Waals surface area contributed by atoms with Crippen LogP contribution in [0.3, 0.4) is 0 Å². The molecule has 0 bridgehead atoms. The van der Waals surface area contributed by atoms with Gasteiger partial charge in [0.05, 0.1) is 11.4 Å². The van der Waals surface area contributed by atoms with Crippen LogP contribution in [0.4, 0.5) is 10.8 Å². The van der Waals surface area contributed by atoms with Gasteiger partial charge in [0.15, 0.2) is 5.13 Å². The van der Waals surface area contributed by atoms with E-state index in [0.29, 0.717) is 15.7 Å². The third-order valence-corrected chi connectivity index (χ3v) is 5.45. The molecule has 26 heavy (non-hydrogen) atoms. The second kappa shape index (κ2) is 8.25. The number of amides is 1. The summed E-state index contributed by atoms with van der Waals surface area (Å²) in [5, 5.41) is 4.18. The Balaban J connectivity index is 1.73. The molecule has 5 nitrogen and oxygen atoms in total. The molecule has 0 radical (unpaired) electrons. The first-order chi connectivity index (χ1) is 12.6. The van der Waals surface area contributed by atoms with E-state index < -0.39 is 0 Å². The Morgan fingerprint density at radius 2 is 1.92 bits per heavy atom. The quantitative estimate of drug-likeness (QED) is 0.571. The number of hydrogen-bond acceptors (Lipinski definition) is 6. The summed E-state index contributed by atoms with van der Waals surface area (Å²) in [6.45, 7) is 3.67. The first-order valence-corrected chi connectivity index (χ1v) is 9.89. The van der Waals surface area contributed by atoms with E-state index in [2.05, 4.69) is 11.9 Å². The molecule has 1 aromatic carbocycles. The van der Waals surface area contributed by atoms with Crippen LogP contribution in [-0.2, 0) is 22.6 Å². The zero-order valence-corrected chi connectivity index (χ0v) is 16.1. The molecule has 1 amide bonds. The van der Waals surface area contributed by atoms with Crippen LogP contribution in [0.2, 0.25) is 0 Å². The largest absolute Gasteiger partial charge is 0.455 e. The summed E-state index contributed by atoms with van der Waals surface area (Å²) in [7, 11) is 0. The number of ether oxygens (including phenoxy) is 1. The monoisotopic (exact) mass is 386 g/mol. The van der Waals surface area contributed by atoms with Gasteiger partial charge < -0.3 is 4.74 Å². The molecule has 0 aliphatic carbocycles. The maximum absolute atomic E-state index is 12.1. The van der Waals surface area contributed by atoms with E-state index in [0.717, 1.165) is 12.1 Å². The summed E-state index contributed by atoms with van der Waals surface area (Å²) in [5.74, 6) is -0.487. The van der Waals surface area contributed by atoms with Crippen molar-refractivity contribution in [3.8, 4) is 0 Å². The molecular weight excluding hydrogens is 368 g/mol. The molecule has 0 saturated heterocycles. The van der Waals surface area contributed by atoms with Crippen LogP contribution >= 0.6 is 22.7 Å². The molecule has 134 valence electrons. The van der Waals surface area contributed by atoms with Gasteiger partial charge in [-0.2, -0.15) is 0 Å². The van der Waals surface area contributed by atoms with Gasteiger partial charge in [-0.25, -0.2) is 9.78 Å². The first-order valence-electron chi connectivity index (χ1n) is 8.13. The number of benzene rings is 1. The number of carbonyl (C=O) groups is 2. The van der Waals surface area contributed by atoms with Crippen molar-refractivity contribution in [1.82, 2.24) is 4.98 Å². The number of anilines is 2. The van der Waals surface area contributed by atoms with Crippen LogP contribution in [0, 0.1) is 0 Å². The standard InChI is InChI=1S/C19H18N2O3S2/c1-3-14-6-8-16(9-7-14)21(13(2)22)19-20-15(12-26-19)11-24-18(23)17-5-4-10-25-17/h4-10,12H,3,11H2,1-2H3. The maximum Gasteiger partial charge on any atom is 0.348 e. The average Bonchev–Trinajstić information content (AvgIpc) is 3.32. The number of nitrogens with zero attached hydrogens (tertiary/aromatic N) is 2. The second-order valence-electron chi connectivity index (χ2n) is 5.55. The van der Waals surface area contributed by atoms with Crippen molar-refractivity contribution in [3.63, 3.8) is 0 Å². The summed E-state index contributed by atoms with van der Waals surface area (Å²) in [4.78, 5) is 30.6. The Bertz CT molecular complexity index is 886. The lowest BCUT2D eigenvalue weighted by atomic mass is 10.1. The van der Waals surface area contributed by atoms with Crippen molar-refractivity contribution in [2.75, 3.05) is 4.90 Å². The lowest BCUT2D eigenvalue weighted by Gasteiger charge is -2.18. The van der Waals surface area contributed by atoms with Crippen LogP contribution < -0.4 is 4.90 Å². The Morgan fingerprint density at radius 3 is 2.54 bits per heavy atom. The normalized spacial score (nSPS) is 10.5. The molecule has 0 unspecified atom stereocenters. The minimum absolute atomic E-state index is 0.0771. The Kier molecular flexibility index (Phi) is 5.80. The number of thiazole rings is 1. The molecule has 0 saturated carbocycles. The first kappa shape index (κ1) is 18.3. The topological polar surface area (TPSA) is 59.5 Å². The van der Waals surface area contributed by atoms with Gasteiger partial charge in [0, 0.05) is 12.3 Å². The molecular formula is C19H18N2O3S2. The van der Waals surface area contributed by atoms with E-state index in [1.807, 2.05) is 29.6 Å². The van der Waals surface area contributed by atoms with Crippen LogP contribution in [0.1, 0.15) is 34.8 Å². The lowest BCUT2D eigenvalue weighted by molar-refractivity contribution is -0.115. The van der Waals surface area contributed by atoms with Crippen LogP contribution in [0.5, 0.6) is 0 Å². The molecule has 0 atom stereocenters. The Hall–Kier alpha value is -2.51. The predicted octanol–water partition coefficient (Wildman–Crippen LogP) is 4.81. The van der Waals surface area contributed by atoms with Crippen molar-refractivity contribution in [1.29, 1.82) is 0 Å². The molecule has 3 rings (SSSR count). The van der Waals surface area contributed by atoms with E-state index in [1.54, 1.807) is 22.4 Å². The van der Waals surface area contributed by atoms with E-state index >= 15 is 0 Å². The number of hydrogen-bond donors (Lipinski definition) is 0. The van der Waals surface area contributed by atoms with Crippen molar-refractivity contribution in [2.24, 2.45) is 0 Å². The van der Waals surface area contributed by atoms with Gasteiger partial charge in [-0.15, -0.1) is 22.7 Å². The highest BCUT2D eigenvalue weighted by molar-refractivity contribution is 7.14. The summed E-state index contributed by atoms with van der Waals surface area (Å²) < 4.78 is 5.27. The zero-order valence-electron chi connectivity index (χ0n) is 14.5. The lowest BCUT2D eigenvalue weighted by Crippen LogP contribution is -2.22. The summed E-state index contributed by atoms with van der Waals surface area (Å²) in [6.07, 6.45) is 0.942. The van der Waals surface area contributed by atoms with Gasteiger partial charge >= 0.3 is 5.97 Å². The average molecular weight is 386 g/mol. The minimum Gasteiger partial charge on any atom is -0.455 e. The Labute approximate surface area is 159 Å². The molecule has 0 aliphatic heterocycles. The van der Waals surface area contributed by atoms with Gasteiger partial charge in [0.2, 0.25) is 5.91 Å².